The maximum absolute atomic E-state index is 11.1. The van der Waals surface area contributed by atoms with Crippen LogP contribution in [-0.2, 0) is 14.3 Å². The van der Waals surface area contributed by atoms with Crippen LogP contribution in [0.15, 0.2) is 0 Å². The van der Waals surface area contributed by atoms with E-state index < -0.39 is 18.0 Å². The highest BCUT2D eigenvalue weighted by atomic mass is 16.6. The molecule has 0 saturated carbocycles. The van der Waals surface area contributed by atoms with Crippen LogP contribution in [-0.4, -0.2) is 23.6 Å². The first kappa shape index (κ1) is 7.91. The van der Waals surface area contributed by atoms with Gasteiger partial charge in [-0.3, -0.25) is 9.59 Å². The molecule has 0 aromatic heterocycles. The fourth-order valence-electron chi connectivity index (χ4n) is 1.04. The van der Waals surface area contributed by atoms with Gasteiger partial charge < -0.3 is 10.1 Å². The zero-order valence-electron chi connectivity index (χ0n) is 6.38. The molecule has 60 valence electrons. The predicted octanol–water partition coefficient (Wildman–Crippen LogP) is 0.157. The summed E-state index contributed by atoms with van der Waals surface area (Å²) < 4.78 is 4.62. The minimum Gasteiger partial charge on any atom is -0.454 e. The predicted molar refractivity (Wildman–Crippen MR) is 37.5 cm³/mol. The normalized spacial score (nSPS) is 30.4. The van der Waals surface area contributed by atoms with Gasteiger partial charge in [-0.25, -0.2) is 0 Å². The van der Waals surface area contributed by atoms with Crippen LogP contribution in [0.2, 0.25) is 0 Å². The Balaban J connectivity index is 2.88. The van der Waals surface area contributed by atoms with Crippen molar-refractivity contribution in [3.05, 3.63) is 0 Å². The fourth-order valence-corrected chi connectivity index (χ4v) is 1.04. The average molecular weight is 155 g/mol. The maximum Gasteiger partial charge on any atom is 0.323 e. The number of nitrogens with one attached hydrogen (secondary N) is 1. The molecule has 2 atom stereocenters. The quantitative estimate of drug-likeness (QED) is 0.333. The van der Waals surface area contributed by atoms with Gasteiger partial charge in [0.25, 0.3) is 0 Å². The van der Waals surface area contributed by atoms with Gasteiger partial charge in [0.05, 0.1) is 0 Å². The lowest BCUT2D eigenvalue weighted by Gasteiger charge is -1.98. The second-order valence-electron chi connectivity index (χ2n) is 2.60. The molecule has 0 radical (unpaired) electrons. The molecule has 1 rings (SSSR count). The highest BCUT2D eigenvalue weighted by molar-refractivity contribution is 6.21. The highest BCUT2D eigenvalue weighted by Gasteiger charge is 2.42. The van der Waals surface area contributed by atoms with Crippen LogP contribution in [0.3, 0.4) is 0 Å². The minimum absolute atomic E-state index is 0.0596. The summed E-state index contributed by atoms with van der Waals surface area (Å²) in [5, 5.41) is 7.12. The van der Waals surface area contributed by atoms with Crippen molar-refractivity contribution in [2.75, 3.05) is 0 Å². The summed E-state index contributed by atoms with van der Waals surface area (Å²) in [4.78, 5) is 21.9. The zero-order chi connectivity index (χ0) is 8.59. The van der Waals surface area contributed by atoms with E-state index in [1.54, 1.807) is 0 Å². The van der Waals surface area contributed by atoms with Crippen LogP contribution in [0.1, 0.15) is 13.8 Å². The Labute approximate surface area is 64.0 Å². The average Bonchev–Trinajstić information content (AvgIpc) is 2.07. The first-order valence-corrected chi connectivity index (χ1v) is 3.33. The van der Waals surface area contributed by atoms with E-state index in [1.165, 1.54) is 13.8 Å². The van der Waals surface area contributed by atoms with Crippen LogP contribution in [0, 0.1) is 11.3 Å². The number of ether oxygens (including phenoxy) is 1. The van der Waals surface area contributed by atoms with Gasteiger partial charge in [0, 0.05) is 5.71 Å². The van der Waals surface area contributed by atoms with E-state index in [2.05, 4.69) is 4.74 Å². The van der Waals surface area contributed by atoms with E-state index in [1.807, 2.05) is 0 Å². The van der Waals surface area contributed by atoms with Gasteiger partial charge in [0.1, 0.15) is 0 Å². The standard InChI is InChI=1S/C7H9NO3/c1-3(8)5-6(9)4(2)11-7(5)10/h4-5,8H,1-2H3/t4-,5?/m0/s1. The van der Waals surface area contributed by atoms with Gasteiger partial charge >= 0.3 is 5.97 Å². The van der Waals surface area contributed by atoms with Crippen molar-refractivity contribution in [1.82, 2.24) is 0 Å². The lowest BCUT2D eigenvalue weighted by atomic mass is 10.00. The van der Waals surface area contributed by atoms with Crippen LogP contribution in [0.4, 0.5) is 0 Å². The second-order valence-corrected chi connectivity index (χ2v) is 2.60. The molecule has 1 aliphatic heterocycles. The molecule has 1 fully saturated rings. The molecule has 1 saturated heterocycles. The Hall–Kier alpha value is -1.19. The van der Waals surface area contributed by atoms with Crippen molar-refractivity contribution in [3.63, 3.8) is 0 Å². The van der Waals surface area contributed by atoms with Crippen molar-refractivity contribution in [2.45, 2.75) is 20.0 Å². The van der Waals surface area contributed by atoms with Gasteiger partial charge in [-0.2, -0.15) is 0 Å². The summed E-state index contributed by atoms with van der Waals surface area (Å²) in [5.41, 5.74) is 0.0596. The Kier molecular flexibility index (Phi) is 1.76. The van der Waals surface area contributed by atoms with Crippen molar-refractivity contribution >= 4 is 17.5 Å². The first-order valence-electron chi connectivity index (χ1n) is 3.33. The van der Waals surface area contributed by atoms with Crippen molar-refractivity contribution < 1.29 is 14.3 Å². The van der Waals surface area contributed by atoms with Crippen molar-refractivity contribution in [3.8, 4) is 0 Å². The first-order chi connectivity index (χ1) is 5.04. The molecule has 4 nitrogen and oxygen atoms in total. The van der Waals surface area contributed by atoms with E-state index >= 15 is 0 Å². The molecular weight excluding hydrogens is 146 g/mol. The summed E-state index contributed by atoms with van der Waals surface area (Å²) in [6, 6.07) is 0. The lowest BCUT2D eigenvalue weighted by molar-refractivity contribution is -0.142. The summed E-state index contributed by atoms with van der Waals surface area (Å²) >= 11 is 0. The molecule has 11 heavy (non-hydrogen) atoms. The van der Waals surface area contributed by atoms with E-state index in [0.717, 1.165) is 0 Å². The summed E-state index contributed by atoms with van der Waals surface area (Å²) in [6.07, 6.45) is -0.673. The Bertz CT molecular complexity index is 234. The van der Waals surface area contributed by atoms with E-state index in [4.69, 9.17) is 5.41 Å². The molecule has 0 aliphatic carbocycles. The number of ketones is 1. The molecule has 4 heteroatoms. The van der Waals surface area contributed by atoms with Crippen LogP contribution in [0.5, 0.6) is 0 Å². The van der Waals surface area contributed by atoms with E-state index in [0.29, 0.717) is 0 Å². The van der Waals surface area contributed by atoms with Crippen molar-refractivity contribution in [2.24, 2.45) is 5.92 Å². The Morgan fingerprint density at radius 3 is 2.27 bits per heavy atom. The van der Waals surface area contributed by atoms with Gasteiger partial charge in [-0.1, -0.05) is 0 Å². The van der Waals surface area contributed by atoms with Crippen LogP contribution < -0.4 is 0 Å². The summed E-state index contributed by atoms with van der Waals surface area (Å²) in [7, 11) is 0. The lowest BCUT2D eigenvalue weighted by Crippen LogP contribution is -2.24. The zero-order valence-corrected chi connectivity index (χ0v) is 6.38. The van der Waals surface area contributed by atoms with E-state index in [9.17, 15) is 9.59 Å². The third-order valence-corrected chi connectivity index (χ3v) is 1.65. The molecule has 0 bridgehead atoms. The highest BCUT2D eigenvalue weighted by Crippen LogP contribution is 2.17. The molecule has 0 spiro atoms. The number of hydrogen-bond donors (Lipinski definition) is 1. The fraction of sp³-hybridized carbons (Fsp3) is 0.571. The van der Waals surface area contributed by atoms with E-state index in [-0.39, 0.29) is 11.5 Å². The third-order valence-electron chi connectivity index (χ3n) is 1.65. The largest absolute Gasteiger partial charge is 0.454 e. The SMILES string of the molecule is CC(=N)C1C(=O)O[C@@H](C)C1=O. The second kappa shape index (κ2) is 2.45. The smallest absolute Gasteiger partial charge is 0.323 e. The van der Waals surface area contributed by atoms with Crippen molar-refractivity contribution in [1.29, 1.82) is 5.41 Å². The third kappa shape index (κ3) is 1.15. The number of esters is 1. The number of carbonyl (C=O) groups is 2. The molecule has 0 aromatic rings. The number of cyclic esters (lactones) is 1. The molecule has 1 heterocycles. The minimum atomic E-state index is -0.940. The molecule has 1 aliphatic rings. The topological polar surface area (TPSA) is 67.2 Å². The van der Waals surface area contributed by atoms with Gasteiger partial charge in [0.15, 0.2) is 17.8 Å². The molecular formula is C7H9NO3. The summed E-state index contributed by atoms with van der Waals surface area (Å²) in [6.45, 7) is 2.95. The van der Waals surface area contributed by atoms with Crippen LogP contribution in [0.25, 0.3) is 0 Å². The monoisotopic (exact) mass is 155 g/mol. The van der Waals surface area contributed by atoms with Gasteiger partial charge in [0.2, 0.25) is 0 Å². The van der Waals surface area contributed by atoms with Crippen LogP contribution >= 0.6 is 0 Å². The maximum atomic E-state index is 11.1. The molecule has 1 N–H and O–H groups in total. The molecule has 0 aromatic carbocycles. The molecule has 0 amide bonds. The van der Waals surface area contributed by atoms with Gasteiger partial charge in [-0.05, 0) is 13.8 Å². The number of Topliss-reactive ketones (excluding diaryl/α,β-unsaturated/α-hetero) is 1. The number of rotatable bonds is 1. The molecule has 1 unspecified atom stereocenters. The Morgan fingerprint density at radius 1 is 1.55 bits per heavy atom. The Morgan fingerprint density at radius 2 is 2.09 bits per heavy atom. The number of carbonyl (C=O) groups excluding carboxylic acids is 2. The van der Waals surface area contributed by atoms with Gasteiger partial charge in [-0.15, -0.1) is 0 Å². The summed E-state index contributed by atoms with van der Waals surface area (Å²) in [5.74, 6) is -1.83. The number of hydrogen-bond acceptors (Lipinski definition) is 4.